The molecule has 7 nitrogen and oxygen atoms in total. The number of nitrogens with one attached hydrogen (secondary N) is 1. The van der Waals surface area contributed by atoms with E-state index in [1.807, 2.05) is 12.1 Å². The highest BCUT2D eigenvalue weighted by Gasteiger charge is 2.24. The smallest absolute Gasteiger partial charge is 0.258 e. The van der Waals surface area contributed by atoms with Gasteiger partial charge < -0.3 is 19.7 Å². The maximum atomic E-state index is 12.4. The Kier molecular flexibility index (Phi) is 6.25. The van der Waals surface area contributed by atoms with Crippen LogP contribution in [0.25, 0.3) is 0 Å². The molecule has 1 aromatic carbocycles. The molecule has 0 aliphatic carbocycles. The Balaban J connectivity index is 1.43. The number of hydrogen-bond donors (Lipinski definition) is 1. The number of rotatable bonds is 6. The Hall–Kier alpha value is -3.09. The second-order valence-electron chi connectivity index (χ2n) is 6.32. The van der Waals surface area contributed by atoms with E-state index in [-0.39, 0.29) is 24.5 Å². The summed E-state index contributed by atoms with van der Waals surface area (Å²) in [6, 6.07) is 10.8. The molecule has 2 heterocycles. The zero-order valence-electron chi connectivity index (χ0n) is 15.3. The van der Waals surface area contributed by atoms with Gasteiger partial charge in [-0.05, 0) is 37.1 Å². The van der Waals surface area contributed by atoms with Crippen LogP contribution in [0.4, 0.5) is 0 Å². The van der Waals surface area contributed by atoms with Gasteiger partial charge in [0.05, 0.1) is 12.7 Å². The first-order valence-electron chi connectivity index (χ1n) is 8.92. The number of carbonyl (C=O) groups excluding carboxylic acids is 2. The number of nitrogens with zero attached hydrogens (tertiary/aromatic N) is 2. The Bertz CT molecular complexity index is 774. The summed E-state index contributed by atoms with van der Waals surface area (Å²) >= 11 is 0. The molecule has 1 aliphatic rings. The Morgan fingerprint density at radius 3 is 2.56 bits per heavy atom. The Labute approximate surface area is 158 Å². The van der Waals surface area contributed by atoms with Crippen LogP contribution in [0.3, 0.4) is 0 Å². The van der Waals surface area contributed by atoms with Crippen molar-refractivity contribution in [1.29, 1.82) is 0 Å². The highest BCUT2D eigenvalue weighted by Crippen LogP contribution is 2.25. The van der Waals surface area contributed by atoms with Crippen molar-refractivity contribution in [3.63, 3.8) is 0 Å². The molecule has 2 amide bonds. The molecule has 0 radical (unpaired) electrons. The van der Waals surface area contributed by atoms with Crippen LogP contribution in [0.2, 0.25) is 0 Å². The minimum Gasteiger partial charge on any atom is -0.493 e. The SMILES string of the molecule is COc1ccccc1OCC(=O)NC1CCN(C(=O)c2cccnc2)CC1. The van der Waals surface area contributed by atoms with E-state index in [9.17, 15) is 9.59 Å². The van der Waals surface area contributed by atoms with E-state index in [0.29, 0.717) is 43.0 Å². The van der Waals surface area contributed by atoms with Crippen molar-refractivity contribution in [1.82, 2.24) is 15.2 Å². The lowest BCUT2D eigenvalue weighted by Crippen LogP contribution is -2.47. The average Bonchev–Trinajstić information content (AvgIpc) is 2.73. The van der Waals surface area contributed by atoms with Gasteiger partial charge in [0.1, 0.15) is 0 Å². The van der Waals surface area contributed by atoms with Gasteiger partial charge in [-0.3, -0.25) is 14.6 Å². The molecule has 3 rings (SSSR count). The van der Waals surface area contributed by atoms with Gasteiger partial charge in [-0.2, -0.15) is 0 Å². The zero-order chi connectivity index (χ0) is 19.1. The van der Waals surface area contributed by atoms with E-state index in [4.69, 9.17) is 9.47 Å². The summed E-state index contributed by atoms with van der Waals surface area (Å²) in [5.74, 6) is 0.921. The number of carbonyl (C=O) groups is 2. The first-order chi connectivity index (χ1) is 13.2. The van der Waals surface area contributed by atoms with Gasteiger partial charge in [0.2, 0.25) is 0 Å². The van der Waals surface area contributed by atoms with Crippen LogP contribution in [-0.2, 0) is 4.79 Å². The monoisotopic (exact) mass is 369 g/mol. The molecular weight excluding hydrogens is 346 g/mol. The third-order valence-corrected chi connectivity index (χ3v) is 4.48. The van der Waals surface area contributed by atoms with E-state index < -0.39 is 0 Å². The van der Waals surface area contributed by atoms with Crippen LogP contribution in [0, 0.1) is 0 Å². The second-order valence-corrected chi connectivity index (χ2v) is 6.32. The third-order valence-electron chi connectivity index (χ3n) is 4.48. The first-order valence-corrected chi connectivity index (χ1v) is 8.92. The quantitative estimate of drug-likeness (QED) is 0.841. The van der Waals surface area contributed by atoms with Crippen molar-refractivity contribution in [3.05, 3.63) is 54.4 Å². The molecule has 27 heavy (non-hydrogen) atoms. The third kappa shape index (κ3) is 4.97. The number of amides is 2. The summed E-state index contributed by atoms with van der Waals surface area (Å²) < 4.78 is 10.7. The topological polar surface area (TPSA) is 80.8 Å². The van der Waals surface area contributed by atoms with Gasteiger partial charge in [-0.1, -0.05) is 12.1 Å². The second kappa shape index (κ2) is 9.02. The van der Waals surface area contributed by atoms with Crippen LogP contribution in [0.15, 0.2) is 48.8 Å². The number of aromatic nitrogens is 1. The molecule has 1 aromatic heterocycles. The number of benzene rings is 1. The summed E-state index contributed by atoms with van der Waals surface area (Å²) in [6.07, 6.45) is 4.65. The fourth-order valence-electron chi connectivity index (χ4n) is 3.05. The highest BCUT2D eigenvalue weighted by molar-refractivity contribution is 5.93. The standard InChI is InChI=1S/C20H23N3O4/c1-26-17-6-2-3-7-18(17)27-14-19(24)22-16-8-11-23(12-9-16)20(25)15-5-4-10-21-13-15/h2-7,10,13,16H,8-9,11-12,14H2,1H3,(H,22,24). The van der Waals surface area contributed by atoms with Crippen LogP contribution in [-0.4, -0.2) is 54.5 Å². The molecule has 2 aromatic rings. The number of hydrogen-bond acceptors (Lipinski definition) is 5. The van der Waals surface area contributed by atoms with Gasteiger partial charge in [0.15, 0.2) is 18.1 Å². The molecule has 1 fully saturated rings. The van der Waals surface area contributed by atoms with Crippen molar-refractivity contribution in [3.8, 4) is 11.5 Å². The van der Waals surface area contributed by atoms with E-state index in [1.165, 1.54) is 0 Å². The van der Waals surface area contributed by atoms with Crippen molar-refractivity contribution in [2.75, 3.05) is 26.8 Å². The van der Waals surface area contributed by atoms with Gasteiger partial charge in [-0.25, -0.2) is 0 Å². The molecule has 1 saturated heterocycles. The van der Waals surface area contributed by atoms with Crippen LogP contribution >= 0.6 is 0 Å². The molecular formula is C20H23N3O4. The number of ether oxygens (including phenoxy) is 2. The number of piperidine rings is 1. The highest BCUT2D eigenvalue weighted by atomic mass is 16.5. The molecule has 142 valence electrons. The number of para-hydroxylation sites is 2. The maximum Gasteiger partial charge on any atom is 0.258 e. The van der Waals surface area contributed by atoms with Crippen molar-refractivity contribution in [2.45, 2.75) is 18.9 Å². The minimum absolute atomic E-state index is 0.0209. The number of methoxy groups -OCH3 is 1. The normalized spacial score (nSPS) is 14.5. The molecule has 1 N–H and O–H groups in total. The number of pyridine rings is 1. The molecule has 0 atom stereocenters. The lowest BCUT2D eigenvalue weighted by molar-refractivity contribution is -0.124. The van der Waals surface area contributed by atoms with E-state index in [0.717, 1.165) is 0 Å². The van der Waals surface area contributed by atoms with Crippen molar-refractivity contribution < 1.29 is 19.1 Å². The van der Waals surface area contributed by atoms with E-state index >= 15 is 0 Å². The Morgan fingerprint density at radius 1 is 1.15 bits per heavy atom. The lowest BCUT2D eigenvalue weighted by Gasteiger charge is -2.32. The predicted octanol–water partition coefficient (Wildman–Crippen LogP) is 1.89. The summed E-state index contributed by atoms with van der Waals surface area (Å²) in [5.41, 5.74) is 0.588. The van der Waals surface area contributed by atoms with E-state index in [1.54, 1.807) is 48.7 Å². The van der Waals surface area contributed by atoms with Crippen molar-refractivity contribution in [2.24, 2.45) is 0 Å². The average molecular weight is 369 g/mol. The number of likely N-dealkylation sites (tertiary alicyclic amines) is 1. The molecule has 1 aliphatic heterocycles. The van der Waals surface area contributed by atoms with E-state index in [2.05, 4.69) is 10.3 Å². The van der Waals surface area contributed by atoms with Gasteiger partial charge in [0.25, 0.3) is 11.8 Å². The Morgan fingerprint density at radius 2 is 1.89 bits per heavy atom. The summed E-state index contributed by atoms with van der Waals surface area (Å²) in [5, 5.41) is 2.97. The van der Waals surface area contributed by atoms with Crippen molar-refractivity contribution >= 4 is 11.8 Å². The molecule has 0 unspecified atom stereocenters. The fourth-order valence-corrected chi connectivity index (χ4v) is 3.05. The predicted molar refractivity (Wildman–Crippen MR) is 99.8 cm³/mol. The van der Waals surface area contributed by atoms with Crippen LogP contribution in [0.1, 0.15) is 23.2 Å². The zero-order valence-corrected chi connectivity index (χ0v) is 15.3. The van der Waals surface area contributed by atoms with Crippen LogP contribution in [0.5, 0.6) is 11.5 Å². The minimum atomic E-state index is -0.182. The summed E-state index contributed by atoms with van der Waals surface area (Å²) in [6.45, 7) is 1.13. The van der Waals surface area contributed by atoms with Gasteiger partial charge in [-0.15, -0.1) is 0 Å². The molecule has 0 bridgehead atoms. The fraction of sp³-hybridized carbons (Fsp3) is 0.350. The molecule has 7 heteroatoms. The van der Waals surface area contributed by atoms with Gasteiger partial charge in [0, 0.05) is 31.5 Å². The van der Waals surface area contributed by atoms with Crippen LogP contribution < -0.4 is 14.8 Å². The summed E-state index contributed by atoms with van der Waals surface area (Å²) in [7, 11) is 1.56. The molecule has 0 spiro atoms. The summed E-state index contributed by atoms with van der Waals surface area (Å²) in [4.78, 5) is 30.4. The van der Waals surface area contributed by atoms with Gasteiger partial charge >= 0.3 is 0 Å². The molecule has 0 saturated carbocycles. The first kappa shape index (κ1) is 18.7. The lowest BCUT2D eigenvalue weighted by atomic mass is 10.0. The maximum absolute atomic E-state index is 12.4. The largest absolute Gasteiger partial charge is 0.493 e.